The molecular weight excluding hydrogens is 395 g/mol. The molecule has 0 heterocycles. The molecule has 0 amide bonds. The molecule has 0 radical (unpaired) electrons. The smallest absolute Gasteiger partial charge is 0.318 e. The van der Waals surface area contributed by atoms with Crippen LogP contribution < -0.4 is 0 Å². The van der Waals surface area contributed by atoms with Crippen LogP contribution in [0.5, 0.6) is 0 Å². The second kappa shape index (κ2) is 7.34. The highest BCUT2D eigenvalue weighted by Crippen LogP contribution is 2.17. The van der Waals surface area contributed by atoms with Gasteiger partial charge in [-0.2, -0.15) is 4.31 Å². The van der Waals surface area contributed by atoms with Crippen molar-refractivity contribution in [1.82, 2.24) is 9.21 Å². The van der Waals surface area contributed by atoms with Gasteiger partial charge in [-0.25, -0.2) is 8.42 Å². The first-order valence-electron chi connectivity index (χ1n) is 5.85. The molecule has 1 aromatic rings. The van der Waals surface area contributed by atoms with E-state index in [0.29, 0.717) is 6.54 Å². The summed E-state index contributed by atoms with van der Waals surface area (Å²) in [4.78, 5) is 12.8. The van der Waals surface area contributed by atoms with Gasteiger partial charge in [0.15, 0.2) is 0 Å². The Morgan fingerprint density at radius 2 is 1.75 bits per heavy atom. The van der Waals surface area contributed by atoms with Crippen LogP contribution in [0.1, 0.15) is 0 Å². The number of carboxylic acids is 1. The van der Waals surface area contributed by atoms with E-state index in [1.807, 2.05) is 0 Å². The second-order valence-corrected chi connectivity index (χ2v) is 7.67. The highest BCUT2D eigenvalue weighted by molar-refractivity contribution is 14.1. The lowest BCUT2D eigenvalue weighted by Gasteiger charge is -2.22. The molecule has 112 valence electrons. The Bertz CT molecular complexity index is 557. The van der Waals surface area contributed by atoms with Crippen molar-refractivity contribution in [3.63, 3.8) is 0 Å². The van der Waals surface area contributed by atoms with E-state index < -0.39 is 22.5 Å². The fraction of sp³-hybridized carbons (Fsp3) is 0.417. The van der Waals surface area contributed by atoms with Crippen molar-refractivity contribution in [2.24, 2.45) is 0 Å². The predicted octanol–water partition coefficient (Wildman–Crippen LogP) is 0.928. The first-order valence-corrected chi connectivity index (χ1v) is 8.37. The van der Waals surface area contributed by atoms with E-state index in [4.69, 9.17) is 5.11 Å². The summed E-state index contributed by atoms with van der Waals surface area (Å²) < 4.78 is 26.8. The molecule has 0 saturated carbocycles. The molecule has 0 fully saturated rings. The number of carboxylic acid groups (broad SMARTS) is 1. The summed E-state index contributed by atoms with van der Waals surface area (Å²) in [5.74, 6) is -1.17. The summed E-state index contributed by atoms with van der Waals surface area (Å²) in [7, 11) is -0.182. The van der Waals surface area contributed by atoms with E-state index in [-0.39, 0.29) is 11.4 Å². The minimum Gasteiger partial charge on any atom is -0.480 e. The van der Waals surface area contributed by atoms with Gasteiger partial charge in [0.2, 0.25) is 10.0 Å². The maximum Gasteiger partial charge on any atom is 0.318 e. The largest absolute Gasteiger partial charge is 0.480 e. The molecule has 6 nitrogen and oxygen atoms in total. The van der Waals surface area contributed by atoms with Crippen LogP contribution in [0.25, 0.3) is 0 Å². The normalized spacial score (nSPS) is 12.1. The number of rotatable bonds is 7. The summed E-state index contributed by atoms with van der Waals surface area (Å²) in [5.41, 5.74) is 0. The lowest BCUT2D eigenvalue weighted by molar-refractivity contribution is -0.137. The molecule has 8 heteroatoms. The van der Waals surface area contributed by atoms with E-state index in [9.17, 15) is 13.2 Å². The Labute approximate surface area is 132 Å². The fourth-order valence-electron chi connectivity index (χ4n) is 1.50. The zero-order valence-corrected chi connectivity index (χ0v) is 14.3. The minimum atomic E-state index is -3.79. The van der Waals surface area contributed by atoms with Crippen LogP contribution in [0.2, 0.25) is 0 Å². The minimum absolute atomic E-state index is 0.109. The molecule has 0 unspecified atom stereocenters. The maximum absolute atomic E-state index is 12.4. The summed E-state index contributed by atoms with van der Waals surface area (Å²) in [6, 6.07) is 6.33. The van der Waals surface area contributed by atoms with Crippen molar-refractivity contribution >= 4 is 38.6 Å². The van der Waals surface area contributed by atoms with Gasteiger partial charge in [-0.15, -0.1) is 0 Å². The molecule has 0 aliphatic carbocycles. The molecule has 0 atom stereocenters. The first kappa shape index (κ1) is 17.3. The van der Waals surface area contributed by atoms with E-state index in [0.717, 1.165) is 7.88 Å². The number of halogens is 1. The van der Waals surface area contributed by atoms with Crippen LogP contribution >= 0.6 is 22.6 Å². The monoisotopic (exact) mass is 412 g/mol. The van der Waals surface area contributed by atoms with Gasteiger partial charge in [0.05, 0.1) is 4.90 Å². The molecular formula is C12H17IN2O4S. The lowest BCUT2D eigenvalue weighted by atomic mass is 10.4. The maximum atomic E-state index is 12.4. The molecule has 0 aliphatic heterocycles. The summed E-state index contributed by atoms with van der Waals surface area (Å²) in [6.07, 6.45) is 0. The van der Waals surface area contributed by atoms with Crippen LogP contribution in [0.4, 0.5) is 0 Å². The van der Waals surface area contributed by atoms with Gasteiger partial charge in [0, 0.05) is 16.7 Å². The molecule has 1 N–H and O–H groups in total. The van der Waals surface area contributed by atoms with E-state index in [2.05, 4.69) is 22.6 Å². The Morgan fingerprint density at radius 3 is 2.20 bits per heavy atom. The second-order valence-electron chi connectivity index (χ2n) is 4.49. The predicted molar refractivity (Wildman–Crippen MR) is 84.1 cm³/mol. The Hall–Kier alpha value is -0.710. The lowest BCUT2D eigenvalue weighted by Crippen LogP contribution is -2.39. The van der Waals surface area contributed by atoms with Crippen molar-refractivity contribution in [2.45, 2.75) is 4.90 Å². The Morgan fingerprint density at radius 1 is 1.20 bits per heavy atom. The van der Waals surface area contributed by atoms with Crippen LogP contribution in [0.3, 0.4) is 0 Å². The van der Waals surface area contributed by atoms with Gasteiger partial charge in [0.1, 0.15) is 6.54 Å². The van der Waals surface area contributed by atoms with E-state index >= 15 is 0 Å². The van der Waals surface area contributed by atoms with Crippen molar-refractivity contribution in [3.8, 4) is 0 Å². The molecule has 1 aromatic carbocycles. The molecule has 1 rings (SSSR count). The number of nitrogens with zero attached hydrogens (tertiary/aromatic N) is 2. The molecule has 0 bridgehead atoms. The third-order valence-electron chi connectivity index (χ3n) is 2.56. The third kappa shape index (κ3) is 5.00. The van der Waals surface area contributed by atoms with Crippen molar-refractivity contribution < 1.29 is 18.3 Å². The van der Waals surface area contributed by atoms with Crippen molar-refractivity contribution in [1.29, 1.82) is 0 Å². The van der Waals surface area contributed by atoms with Crippen molar-refractivity contribution in [2.75, 3.05) is 33.7 Å². The molecule has 0 spiro atoms. The van der Waals surface area contributed by atoms with Crippen LogP contribution in [-0.2, 0) is 14.8 Å². The van der Waals surface area contributed by atoms with Crippen LogP contribution in [0, 0.1) is 3.57 Å². The highest BCUT2D eigenvalue weighted by atomic mass is 127. The number of benzene rings is 1. The Balaban J connectivity index is 3.03. The van der Waals surface area contributed by atoms with Gasteiger partial charge in [-0.1, -0.05) is 0 Å². The van der Waals surface area contributed by atoms with Gasteiger partial charge in [-0.05, 0) is 61.0 Å². The number of aliphatic carboxylic acids is 1. The number of likely N-dealkylation sites (N-methyl/N-ethyl adjacent to an activating group) is 1. The van der Waals surface area contributed by atoms with Gasteiger partial charge >= 0.3 is 5.97 Å². The Kier molecular flexibility index (Phi) is 6.37. The molecule has 20 heavy (non-hydrogen) atoms. The number of sulfonamides is 1. The summed E-state index contributed by atoms with van der Waals surface area (Å²) in [5, 5.41) is 8.88. The number of hydrogen-bond donors (Lipinski definition) is 1. The molecule has 0 aromatic heterocycles. The van der Waals surface area contributed by atoms with Crippen LogP contribution in [0.15, 0.2) is 29.2 Å². The summed E-state index contributed by atoms with van der Waals surface area (Å²) in [6.45, 7) is 0.0483. The third-order valence-corrected chi connectivity index (χ3v) is 5.14. The van der Waals surface area contributed by atoms with Crippen LogP contribution in [-0.4, -0.2) is 62.4 Å². The SMILES string of the molecule is CN(C)CCN(CC(=O)O)S(=O)(=O)c1ccc(I)cc1. The van der Waals surface area contributed by atoms with E-state index in [1.165, 1.54) is 12.1 Å². The van der Waals surface area contributed by atoms with E-state index in [1.54, 1.807) is 31.1 Å². The first-order chi connectivity index (χ1) is 9.23. The standard InChI is InChI=1S/C12H17IN2O4S/c1-14(2)7-8-15(9-12(16)17)20(18,19)11-5-3-10(13)4-6-11/h3-6H,7-9H2,1-2H3,(H,16,17). The fourth-order valence-corrected chi connectivity index (χ4v) is 3.24. The zero-order valence-electron chi connectivity index (χ0n) is 11.3. The molecule has 0 aliphatic rings. The van der Waals surface area contributed by atoms with Crippen molar-refractivity contribution in [3.05, 3.63) is 27.8 Å². The topological polar surface area (TPSA) is 77.9 Å². The number of hydrogen-bond acceptors (Lipinski definition) is 4. The summed E-state index contributed by atoms with van der Waals surface area (Å²) >= 11 is 2.08. The quantitative estimate of drug-likeness (QED) is 0.675. The van der Waals surface area contributed by atoms with Gasteiger partial charge in [0.25, 0.3) is 0 Å². The zero-order chi connectivity index (χ0) is 15.3. The average Bonchev–Trinajstić information content (AvgIpc) is 2.34. The number of carbonyl (C=O) groups is 1. The van der Waals surface area contributed by atoms with Gasteiger partial charge < -0.3 is 10.0 Å². The highest BCUT2D eigenvalue weighted by Gasteiger charge is 2.26. The molecule has 0 saturated heterocycles. The van der Waals surface area contributed by atoms with Gasteiger partial charge in [-0.3, -0.25) is 4.79 Å². The average molecular weight is 412 g/mol.